The fourth-order valence-corrected chi connectivity index (χ4v) is 2.97. The molecule has 1 heterocycles. The van der Waals surface area contributed by atoms with Gasteiger partial charge in [-0.25, -0.2) is 0 Å². The van der Waals surface area contributed by atoms with Crippen LogP contribution in [-0.2, 0) is 6.42 Å². The van der Waals surface area contributed by atoms with Crippen molar-refractivity contribution in [3.63, 3.8) is 0 Å². The second kappa shape index (κ2) is 7.38. The zero-order chi connectivity index (χ0) is 16.1. The van der Waals surface area contributed by atoms with E-state index >= 15 is 0 Å². The molecule has 23 heavy (non-hydrogen) atoms. The number of nitrogens with zero attached hydrogens (tertiary/aromatic N) is 2. The highest BCUT2D eigenvalue weighted by molar-refractivity contribution is 5.49. The first-order valence-electron chi connectivity index (χ1n) is 8.14. The second-order valence-electron chi connectivity index (χ2n) is 5.94. The molecule has 4 nitrogen and oxygen atoms in total. The topological polar surface area (TPSA) is 35.9 Å². The SMILES string of the molecule is COc1ccc(CCN2CCN(c3ccc(O)cc3)CC2)cc1. The quantitative estimate of drug-likeness (QED) is 0.921. The van der Waals surface area contributed by atoms with Gasteiger partial charge in [0.15, 0.2) is 0 Å². The summed E-state index contributed by atoms with van der Waals surface area (Å²) < 4.78 is 5.19. The fourth-order valence-electron chi connectivity index (χ4n) is 2.97. The van der Waals surface area contributed by atoms with Crippen LogP contribution in [0.15, 0.2) is 48.5 Å². The summed E-state index contributed by atoms with van der Waals surface area (Å²) in [6.45, 7) is 5.32. The molecule has 4 heteroatoms. The molecular weight excluding hydrogens is 288 g/mol. The molecule has 1 N–H and O–H groups in total. The maximum Gasteiger partial charge on any atom is 0.118 e. The normalized spacial score (nSPS) is 15.6. The summed E-state index contributed by atoms with van der Waals surface area (Å²) in [6.07, 6.45) is 1.07. The van der Waals surface area contributed by atoms with Crippen LogP contribution < -0.4 is 9.64 Å². The van der Waals surface area contributed by atoms with E-state index in [1.54, 1.807) is 19.2 Å². The van der Waals surface area contributed by atoms with E-state index in [4.69, 9.17) is 4.74 Å². The van der Waals surface area contributed by atoms with E-state index in [9.17, 15) is 5.11 Å². The third-order valence-corrected chi connectivity index (χ3v) is 4.46. The molecule has 122 valence electrons. The lowest BCUT2D eigenvalue weighted by Crippen LogP contribution is -2.46. The van der Waals surface area contributed by atoms with Gasteiger partial charge in [0.05, 0.1) is 7.11 Å². The maximum absolute atomic E-state index is 9.37. The first kappa shape index (κ1) is 15.7. The highest BCUT2D eigenvalue weighted by atomic mass is 16.5. The van der Waals surface area contributed by atoms with Gasteiger partial charge in [-0.1, -0.05) is 12.1 Å². The van der Waals surface area contributed by atoms with Crippen molar-refractivity contribution in [1.82, 2.24) is 4.90 Å². The van der Waals surface area contributed by atoms with E-state index in [1.165, 1.54) is 11.3 Å². The molecule has 1 fully saturated rings. The molecule has 0 radical (unpaired) electrons. The highest BCUT2D eigenvalue weighted by Gasteiger charge is 2.16. The monoisotopic (exact) mass is 312 g/mol. The number of hydrogen-bond donors (Lipinski definition) is 1. The van der Waals surface area contributed by atoms with Crippen LogP contribution in [0.5, 0.6) is 11.5 Å². The zero-order valence-electron chi connectivity index (χ0n) is 13.6. The Kier molecular flexibility index (Phi) is 5.03. The van der Waals surface area contributed by atoms with Crippen LogP contribution in [0, 0.1) is 0 Å². The largest absolute Gasteiger partial charge is 0.508 e. The lowest BCUT2D eigenvalue weighted by atomic mass is 10.1. The summed E-state index contributed by atoms with van der Waals surface area (Å²) in [5, 5.41) is 9.37. The number of hydrogen-bond acceptors (Lipinski definition) is 4. The summed E-state index contributed by atoms with van der Waals surface area (Å²) >= 11 is 0. The summed E-state index contributed by atoms with van der Waals surface area (Å²) in [5.74, 6) is 1.24. The predicted octanol–water partition coefficient (Wildman–Crippen LogP) is 2.77. The van der Waals surface area contributed by atoms with Gasteiger partial charge in [0, 0.05) is 38.4 Å². The minimum absolute atomic E-state index is 0.326. The van der Waals surface area contributed by atoms with Gasteiger partial charge in [0.25, 0.3) is 0 Å². The molecule has 0 bridgehead atoms. The van der Waals surface area contributed by atoms with Gasteiger partial charge in [-0.05, 0) is 48.4 Å². The molecule has 0 spiro atoms. The number of phenols is 1. The van der Waals surface area contributed by atoms with Crippen molar-refractivity contribution in [2.75, 3.05) is 44.7 Å². The van der Waals surface area contributed by atoms with Crippen molar-refractivity contribution < 1.29 is 9.84 Å². The van der Waals surface area contributed by atoms with Crippen molar-refractivity contribution in [2.24, 2.45) is 0 Å². The number of methoxy groups -OCH3 is 1. The van der Waals surface area contributed by atoms with E-state index < -0.39 is 0 Å². The van der Waals surface area contributed by atoms with Gasteiger partial charge in [-0.15, -0.1) is 0 Å². The molecule has 3 rings (SSSR count). The van der Waals surface area contributed by atoms with Gasteiger partial charge in [-0.3, -0.25) is 4.90 Å². The minimum atomic E-state index is 0.326. The van der Waals surface area contributed by atoms with Crippen molar-refractivity contribution in [3.8, 4) is 11.5 Å². The number of anilines is 1. The third-order valence-electron chi connectivity index (χ3n) is 4.46. The molecule has 1 aliphatic heterocycles. The molecule has 0 aromatic heterocycles. The smallest absolute Gasteiger partial charge is 0.118 e. The number of ether oxygens (including phenoxy) is 1. The van der Waals surface area contributed by atoms with Crippen molar-refractivity contribution in [2.45, 2.75) is 6.42 Å². The standard InChI is InChI=1S/C19H24N2O2/c1-23-19-8-2-16(3-9-19)10-11-20-12-14-21(15-13-20)17-4-6-18(22)7-5-17/h2-9,22H,10-15H2,1H3. The number of rotatable bonds is 5. The molecule has 2 aromatic rings. The summed E-state index contributed by atoms with van der Waals surface area (Å²) in [6, 6.07) is 15.8. The van der Waals surface area contributed by atoms with Gasteiger partial charge in [0.2, 0.25) is 0 Å². The summed E-state index contributed by atoms with van der Waals surface area (Å²) in [7, 11) is 1.70. The first-order valence-corrected chi connectivity index (χ1v) is 8.14. The predicted molar refractivity (Wildman–Crippen MR) is 93.5 cm³/mol. The number of phenolic OH excluding ortho intramolecular Hbond substituents is 1. The van der Waals surface area contributed by atoms with Crippen LogP contribution in [0.4, 0.5) is 5.69 Å². The first-order chi connectivity index (χ1) is 11.2. The lowest BCUT2D eigenvalue weighted by Gasteiger charge is -2.36. The Hall–Kier alpha value is -2.20. The van der Waals surface area contributed by atoms with E-state index in [-0.39, 0.29) is 0 Å². The zero-order valence-corrected chi connectivity index (χ0v) is 13.6. The van der Waals surface area contributed by atoms with Crippen LogP contribution in [0.2, 0.25) is 0 Å². The van der Waals surface area contributed by atoms with Gasteiger partial charge >= 0.3 is 0 Å². The molecule has 0 amide bonds. The maximum atomic E-state index is 9.37. The summed E-state index contributed by atoms with van der Waals surface area (Å²) in [4.78, 5) is 4.89. The van der Waals surface area contributed by atoms with Crippen LogP contribution >= 0.6 is 0 Å². The molecule has 0 saturated carbocycles. The van der Waals surface area contributed by atoms with E-state index in [0.29, 0.717) is 5.75 Å². The van der Waals surface area contributed by atoms with Crippen LogP contribution in [-0.4, -0.2) is 49.8 Å². The van der Waals surface area contributed by atoms with Crippen molar-refractivity contribution in [3.05, 3.63) is 54.1 Å². The molecule has 2 aromatic carbocycles. The summed E-state index contributed by atoms with van der Waals surface area (Å²) in [5.41, 5.74) is 2.55. The Bertz CT molecular complexity index is 602. The van der Waals surface area contributed by atoms with E-state index in [1.807, 2.05) is 24.3 Å². The van der Waals surface area contributed by atoms with Crippen molar-refractivity contribution in [1.29, 1.82) is 0 Å². The second-order valence-corrected chi connectivity index (χ2v) is 5.94. The number of aromatic hydroxyl groups is 1. The highest BCUT2D eigenvalue weighted by Crippen LogP contribution is 2.20. The third kappa shape index (κ3) is 4.17. The van der Waals surface area contributed by atoms with Crippen LogP contribution in [0.3, 0.4) is 0 Å². The Morgan fingerprint density at radius 1 is 0.913 bits per heavy atom. The molecular formula is C19H24N2O2. The Morgan fingerprint density at radius 3 is 2.17 bits per heavy atom. The van der Waals surface area contributed by atoms with Gasteiger partial charge in [0.1, 0.15) is 11.5 Å². The molecule has 0 atom stereocenters. The fraction of sp³-hybridized carbons (Fsp3) is 0.368. The molecule has 0 aliphatic carbocycles. The number of benzene rings is 2. The Labute approximate surface area is 137 Å². The van der Waals surface area contributed by atoms with Crippen molar-refractivity contribution >= 4 is 5.69 Å². The van der Waals surface area contributed by atoms with Crippen LogP contribution in [0.25, 0.3) is 0 Å². The average Bonchev–Trinajstić information content (AvgIpc) is 2.61. The van der Waals surface area contributed by atoms with Crippen LogP contribution in [0.1, 0.15) is 5.56 Å². The minimum Gasteiger partial charge on any atom is -0.508 e. The lowest BCUT2D eigenvalue weighted by molar-refractivity contribution is 0.261. The Morgan fingerprint density at radius 2 is 1.57 bits per heavy atom. The van der Waals surface area contributed by atoms with E-state index in [2.05, 4.69) is 21.9 Å². The molecule has 1 aliphatic rings. The average molecular weight is 312 g/mol. The van der Waals surface area contributed by atoms with E-state index in [0.717, 1.165) is 44.9 Å². The molecule has 1 saturated heterocycles. The molecule has 0 unspecified atom stereocenters. The van der Waals surface area contributed by atoms with Gasteiger partial charge < -0.3 is 14.7 Å². The van der Waals surface area contributed by atoms with Gasteiger partial charge in [-0.2, -0.15) is 0 Å². The Balaban J connectivity index is 1.46. The number of piperazine rings is 1.